The number of aliphatic hydroxyl groups excluding tert-OH is 1. The zero-order valence-corrected chi connectivity index (χ0v) is 13.1. The molecule has 0 radical (unpaired) electrons. The van der Waals surface area contributed by atoms with Crippen LogP contribution in [-0.4, -0.2) is 44.0 Å². The molecule has 2 N–H and O–H groups in total. The van der Waals surface area contributed by atoms with Crippen molar-refractivity contribution in [1.29, 1.82) is 0 Å². The molecule has 2 aliphatic heterocycles. The van der Waals surface area contributed by atoms with Gasteiger partial charge in [0.15, 0.2) is 11.5 Å². The molecular formula is C17H23NO5. The SMILES string of the molecule is O=C(CC1CCOCC1)NC[C@H](O)c1ccc2c(c1)OCCO2. The highest BCUT2D eigenvalue weighted by Gasteiger charge is 2.19. The zero-order chi connectivity index (χ0) is 16.1. The summed E-state index contributed by atoms with van der Waals surface area (Å²) in [7, 11) is 0. The van der Waals surface area contributed by atoms with Gasteiger partial charge in [-0.1, -0.05) is 6.07 Å². The zero-order valence-electron chi connectivity index (χ0n) is 13.1. The van der Waals surface area contributed by atoms with Gasteiger partial charge >= 0.3 is 0 Å². The number of rotatable bonds is 5. The van der Waals surface area contributed by atoms with Crippen molar-refractivity contribution < 1.29 is 24.1 Å². The van der Waals surface area contributed by atoms with E-state index in [0.717, 1.165) is 26.1 Å². The molecule has 0 spiro atoms. The maximum Gasteiger partial charge on any atom is 0.220 e. The van der Waals surface area contributed by atoms with Crippen LogP contribution in [0.2, 0.25) is 0 Å². The Morgan fingerprint density at radius 3 is 2.70 bits per heavy atom. The van der Waals surface area contributed by atoms with Crippen LogP contribution in [-0.2, 0) is 9.53 Å². The fraction of sp³-hybridized carbons (Fsp3) is 0.588. The molecule has 0 aromatic heterocycles. The Balaban J connectivity index is 1.48. The van der Waals surface area contributed by atoms with E-state index in [-0.39, 0.29) is 12.5 Å². The molecule has 1 aromatic carbocycles. The minimum Gasteiger partial charge on any atom is -0.486 e. The van der Waals surface area contributed by atoms with Crippen molar-refractivity contribution >= 4 is 5.91 Å². The molecule has 1 aromatic rings. The number of nitrogens with one attached hydrogen (secondary N) is 1. The lowest BCUT2D eigenvalue weighted by Gasteiger charge is -2.22. The Morgan fingerprint density at radius 2 is 1.91 bits per heavy atom. The summed E-state index contributed by atoms with van der Waals surface area (Å²) < 4.78 is 16.2. The number of aliphatic hydroxyl groups is 1. The lowest BCUT2D eigenvalue weighted by molar-refractivity contribution is -0.123. The van der Waals surface area contributed by atoms with Crippen LogP contribution in [0.4, 0.5) is 0 Å². The third kappa shape index (κ3) is 4.36. The molecule has 1 amide bonds. The molecule has 6 nitrogen and oxygen atoms in total. The van der Waals surface area contributed by atoms with Gasteiger partial charge in [-0.25, -0.2) is 0 Å². The molecule has 2 heterocycles. The number of hydrogen-bond donors (Lipinski definition) is 2. The second-order valence-electron chi connectivity index (χ2n) is 5.98. The second kappa shape index (κ2) is 7.66. The number of carbonyl (C=O) groups excluding carboxylic acids is 1. The number of fused-ring (bicyclic) bond motifs is 1. The molecule has 6 heteroatoms. The molecule has 1 saturated heterocycles. The van der Waals surface area contributed by atoms with E-state index in [1.54, 1.807) is 18.2 Å². The van der Waals surface area contributed by atoms with Crippen molar-refractivity contribution in [2.75, 3.05) is 33.0 Å². The molecule has 126 valence electrons. The topological polar surface area (TPSA) is 77.0 Å². The van der Waals surface area contributed by atoms with Gasteiger partial charge in [-0.3, -0.25) is 4.79 Å². The lowest BCUT2D eigenvalue weighted by atomic mass is 9.96. The van der Waals surface area contributed by atoms with Gasteiger partial charge in [-0.15, -0.1) is 0 Å². The summed E-state index contributed by atoms with van der Waals surface area (Å²) in [4.78, 5) is 12.0. The summed E-state index contributed by atoms with van der Waals surface area (Å²) in [6.45, 7) is 2.71. The van der Waals surface area contributed by atoms with Gasteiger partial charge in [-0.05, 0) is 36.5 Å². The standard InChI is InChI=1S/C17H23NO5/c19-14(11-18-17(20)9-12-3-5-21-6-4-12)13-1-2-15-16(10-13)23-8-7-22-15/h1-2,10,12,14,19H,3-9,11H2,(H,18,20)/t14-/m0/s1. The van der Waals surface area contributed by atoms with E-state index in [2.05, 4.69) is 5.32 Å². The van der Waals surface area contributed by atoms with Crippen molar-refractivity contribution in [3.05, 3.63) is 23.8 Å². The maximum absolute atomic E-state index is 12.0. The average Bonchev–Trinajstić information content (AvgIpc) is 2.60. The highest BCUT2D eigenvalue weighted by molar-refractivity contribution is 5.76. The molecule has 3 rings (SSSR count). The molecule has 1 atom stereocenters. The molecule has 0 bridgehead atoms. The van der Waals surface area contributed by atoms with E-state index in [0.29, 0.717) is 42.6 Å². The monoisotopic (exact) mass is 321 g/mol. The van der Waals surface area contributed by atoms with E-state index < -0.39 is 6.10 Å². The van der Waals surface area contributed by atoms with Gasteiger partial charge in [0.1, 0.15) is 13.2 Å². The first-order valence-electron chi connectivity index (χ1n) is 8.14. The Labute approximate surface area is 135 Å². The fourth-order valence-electron chi connectivity index (χ4n) is 2.88. The Morgan fingerprint density at radius 1 is 1.17 bits per heavy atom. The van der Waals surface area contributed by atoms with Crippen LogP contribution >= 0.6 is 0 Å². The van der Waals surface area contributed by atoms with Crippen molar-refractivity contribution in [3.8, 4) is 11.5 Å². The first kappa shape index (κ1) is 16.1. The van der Waals surface area contributed by atoms with Gasteiger partial charge < -0.3 is 24.6 Å². The lowest BCUT2D eigenvalue weighted by Crippen LogP contribution is -2.31. The van der Waals surface area contributed by atoms with Crippen LogP contribution < -0.4 is 14.8 Å². The molecule has 0 unspecified atom stereocenters. The molecular weight excluding hydrogens is 298 g/mol. The largest absolute Gasteiger partial charge is 0.486 e. The quantitative estimate of drug-likeness (QED) is 0.858. The second-order valence-corrected chi connectivity index (χ2v) is 5.98. The number of ether oxygens (including phenoxy) is 3. The Hall–Kier alpha value is -1.79. The van der Waals surface area contributed by atoms with Crippen LogP contribution in [0.1, 0.15) is 30.9 Å². The van der Waals surface area contributed by atoms with Gasteiger partial charge in [-0.2, -0.15) is 0 Å². The number of carbonyl (C=O) groups is 1. The molecule has 0 aliphatic carbocycles. The predicted molar refractivity (Wildman–Crippen MR) is 83.6 cm³/mol. The van der Waals surface area contributed by atoms with Gasteiger partial charge in [0.2, 0.25) is 5.91 Å². The first-order valence-corrected chi connectivity index (χ1v) is 8.14. The third-order valence-corrected chi connectivity index (χ3v) is 4.26. The summed E-state index contributed by atoms with van der Waals surface area (Å²) in [6, 6.07) is 5.35. The smallest absolute Gasteiger partial charge is 0.220 e. The molecule has 23 heavy (non-hydrogen) atoms. The summed E-state index contributed by atoms with van der Waals surface area (Å²) in [6.07, 6.45) is 1.59. The Kier molecular flexibility index (Phi) is 5.35. The minimum atomic E-state index is -0.760. The first-order chi connectivity index (χ1) is 11.2. The highest BCUT2D eigenvalue weighted by Crippen LogP contribution is 2.32. The van der Waals surface area contributed by atoms with Crippen molar-refractivity contribution in [3.63, 3.8) is 0 Å². The maximum atomic E-state index is 12.0. The Bertz CT molecular complexity index is 542. The number of benzene rings is 1. The summed E-state index contributed by atoms with van der Waals surface area (Å²) >= 11 is 0. The van der Waals surface area contributed by atoms with E-state index >= 15 is 0 Å². The van der Waals surface area contributed by atoms with Crippen molar-refractivity contribution in [2.24, 2.45) is 5.92 Å². The van der Waals surface area contributed by atoms with Crippen molar-refractivity contribution in [1.82, 2.24) is 5.32 Å². The van der Waals surface area contributed by atoms with E-state index in [4.69, 9.17) is 14.2 Å². The minimum absolute atomic E-state index is 0.0199. The molecule has 1 fully saturated rings. The van der Waals surface area contributed by atoms with Crippen LogP contribution in [0.3, 0.4) is 0 Å². The van der Waals surface area contributed by atoms with Crippen LogP contribution in [0.5, 0.6) is 11.5 Å². The fourth-order valence-corrected chi connectivity index (χ4v) is 2.88. The summed E-state index contributed by atoms with van der Waals surface area (Å²) in [5.41, 5.74) is 0.709. The van der Waals surface area contributed by atoms with Gasteiger partial charge in [0, 0.05) is 26.2 Å². The van der Waals surface area contributed by atoms with Crippen LogP contribution in [0, 0.1) is 5.92 Å². The predicted octanol–water partition coefficient (Wildman–Crippen LogP) is 1.42. The highest BCUT2D eigenvalue weighted by atomic mass is 16.6. The van der Waals surface area contributed by atoms with Crippen LogP contribution in [0.15, 0.2) is 18.2 Å². The van der Waals surface area contributed by atoms with E-state index in [1.165, 1.54) is 0 Å². The normalized spacial score (nSPS) is 19.2. The molecule has 0 saturated carbocycles. The summed E-state index contributed by atoms with van der Waals surface area (Å²) in [5, 5.41) is 13.1. The average molecular weight is 321 g/mol. The van der Waals surface area contributed by atoms with Gasteiger partial charge in [0.05, 0.1) is 6.10 Å². The van der Waals surface area contributed by atoms with Crippen molar-refractivity contribution in [2.45, 2.75) is 25.4 Å². The number of hydrogen-bond acceptors (Lipinski definition) is 5. The third-order valence-electron chi connectivity index (χ3n) is 4.26. The summed E-state index contributed by atoms with van der Waals surface area (Å²) in [5.74, 6) is 1.70. The van der Waals surface area contributed by atoms with Gasteiger partial charge in [0.25, 0.3) is 0 Å². The molecule has 2 aliphatic rings. The number of amides is 1. The van der Waals surface area contributed by atoms with Crippen LogP contribution in [0.25, 0.3) is 0 Å². The van der Waals surface area contributed by atoms with E-state index in [9.17, 15) is 9.90 Å². The van der Waals surface area contributed by atoms with E-state index in [1.807, 2.05) is 0 Å².